The van der Waals surface area contributed by atoms with E-state index in [1.165, 1.54) is 7.11 Å². The summed E-state index contributed by atoms with van der Waals surface area (Å²) in [4.78, 5) is 25.6. The van der Waals surface area contributed by atoms with Crippen molar-refractivity contribution in [2.45, 2.75) is 19.3 Å². The Morgan fingerprint density at radius 3 is 2.95 bits per heavy atom. The van der Waals surface area contributed by atoms with Gasteiger partial charge in [-0.15, -0.1) is 0 Å². The predicted molar refractivity (Wildman–Crippen MR) is 80.8 cm³/mol. The lowest BCUT2D eigenvalue weighted by molar-refractivity contribution is -0.133. The van der Waals surface area contributed by atoms with Gasteiger partial charge < -0.3 is 15.0 Å². The lowest BCUT2D eigenvalue weighted by Gasteiger charge is -2.26. The van der Waals surface area contributed by atoms with Gasteiger partial charge in [0.1, 0.15) is 5.75 Å². The summed E-state index contributed by atoms with van der Waals surface area (Å²) in [5.74, 6) is 0.376. The highest BCUT2D eigenvalue weighted by Crippen LogP contribution is 2.22. The van der Waals surface area contributed by atoms with E-state index >= 15 is 0 Å². The summed E-state index contributed by atoms with van der Waals surface area (Å²) in [7, 11) is 1.49. The average molecular weight is 311 g/mol. The van der Waals surface area contributed by atoms with Gasteiger partial charge in [0.25, 0.3) is 5.91 Å². The van der Waals surface area contributed by atoms with Crippen LogP contribution >= 0.6 is 11.6 Å². The Balaban J connectivity index is 1.88. The first-order valence-corrected chi connectivity index (χ1v) is 7.39. The van der Waals surface area contributed by atoms with E-state index in [1.807, 2.05) is 0 Å². The van der Waals surface area contributed by atoms with Crippen molar-refractivity contribution in [3.05, 3.63) is 28.8 Å². The van der Waals surface area contributed by atoms with Crippen molar-refractivity contribution in [1.82, 2.24) is 10.2 Å². The number of carbonyl (C=O) groups excluding carboxylic acids is 2. The summed E-state index contributed by atoms with van der Waals surface area (Å²) in [6.45, 7) is 1.75. The summed E-state index contributed by atoms with van der Waals surface area (Å²) >= 11 is 5.87. The van der Waals surface area contributed by atoms with Gasteiger partial charge in [-0.05, 0) is 31.0 Å². The highest BCUT2D eigenvalue weighted by molar-refractivity contribution is 6.30. The van der Waals surface area contributed by atoms with E-state index in [9.17, 15) is 9.59 Å². The number of likely N-dealkylation sites (tertiary alicyclic amines) is 1. The van der Waals surface area contributed by atoms with Crippen molar-refractivity contribution in [3.63, 3.8) is 0 Å². The van der Waals surface area contributed by atoms with Crippen molar-refractivity contribution < 1.29 is 14.3 Å². The summed E-state index contributed by atoms with van der Waals surface area (Å²) in [6, 6.07) is 4.88. The van der Waals surface area contributed by atoms with Gasteiger partial charge in [0.15, 0.2) is 0 Å². The van der Waals surface area contributed by atoms with E-state index in [2.05, 4.69) is 5.32 Å². The van der Waals surface area contributed by atoms with Gasteiger partial charge in [-0.1, -0.05) is 11.6 Å². The zero-order valence-electron chi connectivity index (χ0n) is 12.0. The molecule has 0 unspecified atom stereocenters. The molecule has 1 aliphatic heterocycles. The van der Waals surface area contributed by atoms with Gasteiger partial charge >= 0.3 is 0 Å². The van der Waals surface area contributed by atoms with E-state index in [0.717, 1.165) is 19.4 Å². The minimum atomic E-state index is -0.229. The normalized spacial score (nSPS) is 15.0. The van der Waals surface area contributed by atoms with E-state index in [0.29, 0.717) is 35.8 Å². The summed E-state index contributed by atoms with van der Waals surface area (Å²) in [5, 5.41) is 3.32. The number of carbonyl (C=O) groups is 2. The third-order valence-electron chi connectivity index (χ3n) is 3.50. The lowest BCUT2D eigenvalue weighted by Crippen LogP contribution is -2.41. The zero-order chi connectivity index (χ0) is 15.2. The van der Waals surface area contributed by atoms with Crippen LogP contribution < -0.4 is 10.1 Å². The second kappa shape index (κ2) is 7.31. The fourth-order valence-electron chi connectivity index (χ4n) is 2.35. The van der Waals surface area contributed by atoms with Gasteiger partial charge in [0, 0.05) is 31.1 Å². The highest BCUT2D eigenvalue weighted by Gasteiger charge is 2.18. The van der Waals surface area contributed by atoms with Crippen molar-refractivity contribution in [2.75, 3.05) is 26.7 Å². The Morgan fingerprint density at radius 1 is 1.43 bits per heavy atom. The van der Waals surface area contributed by atoms with Gasteiger partial charge in [0.2, 0.25) is 5.91 Å². The molecule has 1 N–H and O–H groups in total. The average Bonchev–Trinajstić information content (AvgIpc) is 2.48. The highest BCUT2D eigenvalue weighted by atomic mass is 35.5. The van der Waals surface area contributed by atoms with Crippen LogP contribution in [0.4, 0.5) is 0 Å². The van der Waals surface area contributed by atoms with Crippen LogP contribution in [0.15, 0.2) is 18.2 Å². The standard InChI is InChI=1S/C15H19ClN2O3/c1-21-13-10-11(16)5-6-12(13)15(20)17-7-9-18-8-3-2-4-14(18)19/h5-6,10H,2-4,7-9H2,1H3,(H,17,20). The van der Waals surface area contributed by atoms with Gasteiger partial charge in [-0.2, -0.15) is 0 Å². The Labute approximate surface area is 129 Å². The van der Waals surface area contributed by atoms with Crippen molar-refractivity contribution in [2.24, 2.45) is 0 Å². The smallest absolute Gasteiger partial charge is 0.255 e. The monoisotopic (exact) mass is 310 g/mol. The molecule has 1 heterocycles. The molecule has 0 bridgehead atoms. The molecule has 0 saturated carbocycles. The molecule has 6 heteroatoms. The number of hydrogen-bond donors (Lipinski definition) is 1. The van der Waals surface area contributed by atoms with Crippen LogP contribution in [0.5, 0.6) is 5.75 Å². The number of benzene rings is 1. The van der Waals surface area contributed by atoms with Gasteiger partial charge in [0.05, 0.1) is 12.7 Å². The number of ether oxygens (including phenoxy) is 1. The first kappa shape index (κ1) is 15.6. The van der Waals surface area contributed by atoms with Crippen LogP contribution in [0, 0.1) is 0 Å². The SMILES string of the molecule is COc1cc(Cl)ccc1C(=O)NCCN1CCCCC1=O. The van der Waals surface area contributed by atoms with E-state index in [-0.39, 0.29) is 11.8 Å². The number of halogens is 1. The molecule has 1 aliphatic rings. The minimum absolute atomic E-state index is 0.166. The van der Waals surface area contributed by atoms with Crippen molar-refractivity contribution in [1.29, 1.82) is 0 Å². The fourth-order valence-corrected chi connectivity index (χ4v) is 2.51. The molecule has 0 radical (unpaired) electrons. The number of rotatable bonds is 5. The third-order valence-corrected chi connectivity index (χ3v) is 3.73. The second-order valence-corrected chi connectivity index (χ2v) is 5.37. The largest absolute Gasteiger partial charge is 0.496 e. The molecule has 21 heavy (non-hydrogen) atoms. The quantitative estimate of drug-likeness (QED) is 0.906. The number of methoxy groups -OCH3 is 1. The van der Waals surface area contributed by atoms with Crippen LogP contribution in [0.1, 0.15) is 29.6 Å². The minimum Gasteiger partial charge on any atom is -0.496 e. The number of nitrogens with one attached hydrogen (secondary N) is 1. The molecule has 0 atom stereocenters. The Morgan fingerprint density at radius 2 is 2.24 bits per heavy atom. The summed E-state index contributed by atoms with van der Waals surface area (Å²) in [5.41, 5.74) is 0.437. The second-order valence-electron chi connectivity index (χ2n) is 4.94. The van der Waals surface area contributed by atoms with Gasteiger partial charge in [-0.3, -0.25) is 9.59 Å². The third kappa shape index (κ3) is 4.11. The molecule has 0 aliphatic carbocycles. The maximum absolute atomic E-state index is 12.1. The predicted octanol–water partition coefficient (Wildman–Crippen LogP) is 2.09. The summed E-state index contributed by atoms with van der Waals surface area (Å²) < 4.78 is 5.15. The molecule has 2 rings (SSSR count). The van der Waals surface area contributed by atoms with Crippen molar-refractivity contribution in [3.8, 4) is 5.75 Å². The van der Waals surface area contributed by atoms with Crippen LogP contribution in [0.2, 0.25) is 5.02 Å². The molecular weight excluding hydrogens is 292 g/mol. The Kier molecular flexibility index (Phi) is 5.44. The zero-order valence-corrected chi connectivity index (χ0v) is 12.8. The van der Waals surface area contributed by atoms with Crippen LogP contribution in [-0.2, 0) is 4.79 Å². The topological polar surface area (TPSA) is 58.6 Å². The molecule has 0 aromatic heterocycles. The molecule has 0 spiro atoms. The maximum atomic E-state index is 12.1. The lowest BCUT2D eigenvalue weighted by atomic mass is 10.1. The molecule has 1 aromatic rings. The van der Waals surface area contributed by atoms with Crippen LogP contribution in [0.3, 0.4) is 0 Å². The molecule has 5 nitrogen and oxygen atoms in total. The molecular formula is C15H19ClN2O3. The number of piperidine rings is 1. The number of amides is 2. The van der Waals surface area contributed by atoms with E-state index < -0.39 is 0 Å². The van der Waals surface area contributed by atoms with Crippen molar-refractivity contribution >= 4 is 23.4 Å². The summed E-state index contributed by atoms with van der Waals surface area (Å²) in [6.07, 6.45) is 2.60. The maximum Gasteiger partial charge on any atom is 0.255 e. The molecule has 2 amide bonds. The fraction of sp³-hybridized carbons (Fsp3) is 0.467. The molecule has 1 aromatic carbocycles. The molecule has 114 valence electrons. The Bertz CT molecular complexity index is 534. The van der Waals surface area contributed by atoms with Crippen LogP contribution in [-0.4, -0.2) is 43.5 Å². The molecule has 1 saturated heterocycles. The van der Waals surface area contributed by atoms with E-state index in [4.69, 9.17) is 16.3 Å². The first-order chi connectivity index (χ1) is 10.1. The Hall–Kier alpha value is -1.75. The first-order valence-electron chi connectivity index (χ1n) is 7.01. The van der Waals surface area contributed by atoms with E-state index in [1.54, 1.807) is 23.1 Å². The molecule has 1 fully saturated rings. The van der Waals surface area contributed by atoms with Gasteiger partial charge in [-0.25, -0.2) is 0 Å². The number of nitrogens with zero attached hydrogens (tertiary/aromatic N) is 1. The number of hydrogen-bond acceptors (Lipinski definition) is 3. The van der Waals surface area contributed by atoms with Crippen LogP contribution in [0.25, 0.3) is 0 Å².